The van der Waals surface area contributed by atoms with Gasteiger partial charge in [0.25, 0.3) is 15.9 Å². The van der Waals surface area contributed by atoms with E-state index in [0.717, 1.165) is 12.8 Å². The molecule has 2 heterocycles. The molecule has 1 aliphatic carbocycles. The fourth-order valence-electron chi connectivity index (χ4n) is 3.09. The highest BCUT2D eigenvalue weighted by Crippen LogP contribution is 2.44. The van der Waals surface area contributed by atoms with E-state index in [1.54, 1.807) is 12.3 Å². The molecule has 0 aliphatic heterocycles. The third-order valence-electron chi connectivity index (χ3n) is 5.37. The third-order valence-corrected chi connectivity index (χ3v) is 7.15. The van der Waals surface area contributed by atoms with E-state index in [9.17, 15) is 13.2 Å². The van der Waals surface area contributed by atoms with Crippen LogP contribution in [0.15, 0.2) is 47.5 Å². The minimum Gasteiger partial charge on any atom is -0.476 e. The molecule has 0 saturated heterocycles. The predicted octanol–water partition coefficient (Wildman–Crippen LogP) is 3.40. The highest BCUT2D eigenvalue weighted by Gasteiger charge is 2.38. The van der Waals surface area contributed by atoms with E-state index >= 15 is 0 Å². The Bertz CT molecular complexity index is 1390. The summed E-state index contributed by atoms with van der Waals surface area (Å²) in [6, 6.07) is 10.6. The number of carbonyl (C=O) groups excluding carboxylic acids is 1. The summed E-state index contributed by atoms with van der Waals surface area (Å²) in [4.78, 5) is 16.7. The number of aryl methyl sites for hydroxylation is 1. The number of ether oxygens (including phenoxy) is 1. The van der Waals surface area contributed by atoms with Gasteiger partial charge >= 0.3 is 0 Å². The van der Waals surface area contributed by atoms with Crippen LogP contribution in [-0.4, -0.2) is 35.7 Å². The molecular weight excluding hydrogens is 466 g/mol. The molecule has 33 heavy (non-hydrogen) atoms. The minimum absolute atomic E-state index is 0.111. The van der Waals surface area contributed by atoms with E-state index in [1.165, 1.54) is 41.9 Å². The number of nitrogens with one attached hydrogen (secondary N) is 1. The van der Waals surface area contributed by atoms with Gasteiger partial charge in [-0.15, -0.1) is 5.10 Å². The Morgan fingerprint density at radius 2 is 2.06 bits per heavy atom. The van der Waals surface area contributed by atoms with Gasteiger partial charge in [0, 0.05) is 17.7 Å². The van der Waals surface area contributed by atoms with Crippen molar-refractivity contribution in [3.05, 3.63) is 64.4 Å². The van der Waals surface area contributed by atoms with Crippen molar-refractivity contribution >= 4 is 27.5 Å². The van der Waals surface area contributed by atoms with E-state index in [4.69, 9.17) is 21.6 Å². The second kappa shape index (κ2) is 8.50. The van der Waals surface area contributed by atoms with Gasteiger partial charge in [0.2, 0.25) is 5.88 Å². The van der Waals surface area contributed by atoms with Crippen molar-refractivity contribution in [2.45, 2.75) is 31.6 Å². The Labute approximate surface area is 196 Å². The first-order valence-electron chi connectivity index (χ1n) is 10.0. The Morgan fingerprint density at radius 3 is 2.70 bits per heavy atom. The summed E-state index contributed by atoms with van der Waals surface area (Å²) in [6.07, 6.45) is 3.92. The maximum Gasteiger partial charge on any atom is 0.268 e. The standard InChI is InChI=1S/C22H20ClN5O4S/c1-14-11-15(12-24)3-5-17(14)33(30,31)27-21(29)16-4-6-18(25-20(16)23)28-10-7-19(26-28)32-13-22(2)8-9-22/h3-7,10-11H,8-9,13H2,1-2H3,(H,27,29). The summed E-state index contributed by atoms with van der Waals surface area (Å²) in [5.41, 5.74) is 0.758. The second-order valence-corrected chi connectivity index (χ2v) is 10.2. The van der Waals surface area contributed by atoms with Gasteiger partial charge in [-0.3, -0.25) is 4.79 Å². The van der Waals surface area contributed by atoms with Crippen molar-refractivity contribution < 1.29 is 17.9 Å². The lowest BCUT2D eigenvalue weighted by atomic mass is 10.2. The van der Waals surface area contributed by atoms with Crippen LogP contribution in [0.2, 0.25) is 5.15 Å². The highest BCUT2D eigenvalue weighted by atomic mass is 35.5. The number of carbonyl (C=O) groups is 1. The Kier molecular flexibility index (Phi) is 5.86. The number of aromatic nitrogens is 3. The van der Waals surface area contributed by atoms with Crippen molar-refractivity contribution in [2.75, 3.05) is 6.61 Å². The number of hydrogen-bond acceptors (Lipinski definition) is 7. The van der Waals surface area contributed by atoms with E-state index < -0.39 is 15.9 Å². The van der Waals surface area contributed by atoms with Crippen molar-refractivity contribution in [1.29, 1.82) is 5.26 Å². The van der Waals surface area contributed by atoms with Crippen molar-refractivity contribution in [3.63, 3.8) is 0 Å². The van der Waals surface area contributed by atoms with Gasteiger partial charge in [0.1, 0.15) is 5.15 Å². The summed E-state index contributed by atoms with van der Waals surface area (Å²) in [6.45, 7) is 4.28. The molecule has 1 saturated carbocycles. The van der Waals surface area contributed by atoms with E-state index in [0.29, 0.717) is 29.4 Å². The molecule has 3 aromatic rings. The first kappa shape index (κ1) is 22.8. The summed E-state index contributed by atoms with van der Waals surface area (Å²) in [7, 11) is -4.18. The molecule has 4 rings (SSSR count). The fraction of sp³-hybridized carbons (Fsp3) is 0.273. The summed E-state index contributed by atoms with van der Waals surface area (Å²) < 4.78 is 34.5. The maximum atomic E-state index is 12.7. The SMILES string of the molecule is Cc1cc(C#N)ccc1S(=O)(=O)NC(=O)c1ccc(-n2ccc(OCC3(C)CC3)n2)nc1Cl. The van der Waals surface area contributed by atoms with Crippen LogP contribution in [0.5, 0.6) is 5.88 Å². The lowest BCUT2D eigenvalue weighted by Crippen LogP contribution is -2.31. The minimum atomic E-state index is -4.18. The van der Waals surface area contributed by atoms with Crippen LogP contribution >= 0.6 is 11.6 Å². The molecule has 1 aromatic carbocycles. The number of hydrogen-bond donors (Lipinski definition) is 1. The first-order valence-corrected chi connectivity index (χ1v) is 11.9. The maximum absolute atomic E-state index is 12.7. The van der Waals surface area contributed by atoms with E-state index in [-0.39, 0.29) is 21.0 Å². The normalized spacial score (nSPS) is 14.4. The van der Waals surface area contributed by atoms with Crippen LogP contribution < -0.4 is 9.46 Å². The van der Waals surface area contributed by atoms with Crippen molar-refractivity contribution in [1.82, 2.24) is 19.5 Å². The van der Waals surface area contributed by atoms with Crippen LogP contribution in [-0.2, 0) is 10.0 Å². The van der Waals surface area contributed by atoms with Gasteiger partial charge in [0.15, 0.2) is 5.82 Å². The zero-order valence-corrected chi connectivity index (χ0v) is 19.4. The number of halogens is 1. The zero-order valence-electron chi connectivity index (χ0n) is 17.9. The molecule has 1 aliphatic rings. The summed E-state index contributed by atoms with van der Waals surface area (Å²) in [5, 5.41) is 13.1. The van der Waals surface area contributed by atoms with Crippen LogP contribution in [0, 0.1) is 23.7 Å². The quantitative estimate of drug-likeness (QED) is 0.508. The number of benzene rings is 1. The summed E-state index contributed by atoms with van der Waals surface area (Å²) >= 11 is 6.18. The van der Waals surface area contributed by atoms with E-state index in [2.05, 4.69) is 17.0 Å². The van der Waals surface area contributed by atoms with Crippen LogP contribution in [0.3, 0.4) is 0 Å². The Hall–Kier alpha value is -3.42. The topological polar surface area (TPSA) is 127 Å². The number of rotatable bonds is 7. The van der Waals surface area contributed by atoms with Crippen molar-refractivity contribution in [3.8, 4) is 17.8 Å². The third kappa shape index (κ3) is 4.99. The van der Waals surface area contributed by atoms with Crippen LogP contribution in [0.25, 0.3) is 5.82 Å². The molecule has 11 heteroatoms. The smallest absolute Gasteiger partial charge is 0.268 e. The Morgan fingerprint density at radius 1 is 1.30 bits per heavy atom. The lowest BCUT2D eigenvalue weighted by Gasteiger charge is -2.11. The number of sulfonamides is 1. The van der Waals surface area contributed by atoms with Gasteiger partial charge in [-0.05, 0) is 55.7 Å². The number of nitrogens with zero attached hydrogens (tertiary/aromatic N) is 4. The zero-order chi connectivity index (χ0) is 23.8. The van der Waals surface area contributed by atoms with Crippen molar-refractivity contribution in [2.24, 2.45) is 5.41 Å². The van der Waals surface area contributed by atoms with Crippen LogP contribution in [0.4, 0.5) is 0 Å². The molecule has 1 N–H and O–H groups in total. The molecule has 170 valence electrons. The summed E-state index contributed by atoms with van der Waals surface area (Å²) in [5.74, 6) is -0.133. The van der Waals surface area contributed by atoms with E-state index in [1.807, 2.05) is 10.8 Å². The number of pyridine rings is 1. The largest absolute Gasteiger partial charge is 0.476 e. The molecule has 0 atom stereocenters. The van der Waals surface area contributed by atoms with Gasteiger partial charge < -0.3 is 4.74 Å². The molecule has 0 spiro atoms. The van der Waals surface area contributed by atoms with Gasteiger partial charge in [0.05, 0.1) is 28.7 Å². The van der Waals surface area contributed by atoms with Crippen LogP contribution in [0.1, 0.15) is 41.3 Å². The average Bonchev–Trinajstić information content (AvgIpc) is 3.31. The lowest BCUT2D eigenvalue weighted by molar-refractivity contribution is 0.0981. The number of nitriles is 1. The fourth-order valence-corrected chi connectivity index (χ4v) is 4.52. The second-order valence-electron chi connectivity index (χ2n) is 8.23. The highest BCUT2D eigenvalue weighted by molar-refractivity contribution is 7.90. The van der Waals surface area contributed by atoms with Gasteiger partial charge in [-0.1, -0.05) is 18.5 Å². The Balaban J connectivity index is 1.49. The molecule has 0 bridgehead atoms. The monoisotopic (exact) mass is 485 g/mol. The molecule has 1 amide bonds. The average molecular weight is 486 g/mol. The molecule has 9 nitrogen and oxygen atoms in total. The predicted molar refractivity (Wildman–Crippen MR) is 120 cm³/mol. The molecular formula is C22H20ClN5O4S. The van der Waals surface area contributed by atoms with Gasteiger partial charge in [-0.25, -0.2) is 22.8 Å². The molecule has 2 aromatic heterocycles. The first-order chi connectivity index (χ1) is 15.6. The molecule has 0 radical (unpaired) electrons. The van der Waals surface area contributed by atoms with Gasteiger partial charge in [-0.2, -0.15) is 5.26 Å². The molecule has 1 fully saturated rings. The molecule has 0 unspecified atom stereocenters. The number of amides is 1.